The average Bonchev–Trinajstić information content (AvgIpc) is 2.52. The predicted octanol–water partition coefficient (Wildman–Crippen LogP) is 3.53. The molecule has 3 unspecified atom stereocenters. The molecule has 4 bridgehead atoms. The van der Waals surface area contributed by atoms with Crippen LogP contribution < -0.4 is 0 Å². The van der Waals surface area contributed by atoms with E-state index in [2.05, 4.69) is 0 Å². The number of hydrogen-bond acceptors (Lipinski definition) is 5. The van der Waals surface area contributed by atoms with Gasteiger partial charge in [0.15, 0.2) is 0 Å². The molecule has 4 saturated carbocycles. The van der Waals surface area contributed by atoms with E-state index in [-0.39, 0.29) is 11.7 Å². The number of carbonyl (C=O) groups is 1. The number of carbonyl (C=O) groups excluding carboxylic acids is 1. The molecule has 3 atom stereocenters. The van der Waals surface area contributed by atoms with Crippen LogP contribution in [0.2, 0.25) is 0 Å². The van der Waals surface area contributed by atoms with Crippen LogP contribution in [-0.2, 0) is 9.53 Å². The zero-order chi connectivity index (χ0) is 17.8. The number of hydrogen-bond donors (Lipinski definition) is 1. The molecule has 1 N–H and O–H groups in total. The summed E-state index contributed by atoms with van der Waals surface area (Å²) in [6.07, 6.45) is 4.26. The molecule has 4 aliphatic carbocycles. The second kappa shape index (κ2) is 5.53. The van der Waals surface area contributed by atoms with Gasteiger partial charge in [-0.05, 0) is 62.8 Å². The smallest absolute Gasteiger partial charge is 0.312 e. The highest BCUT2D eigenvalue weighted by molar-refractivity contribution is 5.78. The van der Waals surface area contributed by atoms with E-state index in [1.807, 2.05) is 0 Å². The van der Waals surface area contributed by atoms with Crippen LogP contribution in [0.5, 0.6) is 0 Å². The first-order chi connectivity index (χ1) is 11.8. The van der Waals surface area contributed by atoms with Gasteiger partial charge in [0.25, 0.3) is 5.69 Å². The number of nitro groups is 1. The summed E-state index contributed by atoms with van der Waals surface area (Å²) in [5, 5.41) is 21.7. The van der Waals surface area contributed by atoms with Gasteiger partial charge in [-0.25, -0.2) is 0 Å². The molecule has 5 rings (SSSR count). The number of benzene rings is 1. The molecule has 0 amide bonds. The summed E-state index contributed by atoms with van der Waals surface area (Å²) in [7, 11) is 0. The summed E-state index contributed by atoms with van der Waals surface area (Å²) < 4.78 is 5.73. The van der Waals surface area contributed by atoms with Gasteiger partial charge in [0.05, 0.1) is 15.9 Å². The lowest BCUT2D eigenvalue weighted by molar-refractivity contribution is -0.385. The van der Waals surface area contributed by atoms with Crippen molar-refractivity contribution in [2.24, 2.45) is 17.3 Å². The first kappa shape index (κ1) is 16.5. The van der Waals surface area contributed by atoms with Crippen LogP contribution in [0, 0.1) is 27.4 Å². The fourth-order valence-electron chi connectivity index (χ4n) is 5.70. The van der Waals surface area contributed by atoms with Gasteiger partial charge in [0.1, 0.15) is 6.10 Å². The molecule has 4 aliphatic rings. The molecule has 1 aromatic carbocycles. The van der Waals surface area contributed by atoms with E-state index in [0.717, 1.165) is 32.1 Å². The van der Waals surface area contributed by atoms with Crippen molar-refractivity contribution >= 4 is 11.7 Å². The molecule has 0 heterocycles. The predicted molar refractivity (Wildman–Crippen MR) is 89.7 cm³/mol. The summed E-state index contributed by atoms with van der Waals surface area (Å²) in [4.78, 5) is 23.5. The standard InChI is InChI=1S/C19H23NO5/c1-12(15-3-2-4-16(6-15)20(23)24)25-17(21)18-7-13-5-14(8-18)10-19(22,9-13)11-18/h2-4,6,12-14,22H,5,7-11H2,1H3. The monoisotopic (exact) mass is 345 g/mol. The van der Waals surface area contributed by atoms with Crippen molar-refractivity contribution in [2.45, 2.75) is 57.2 Å². The zero-order valence-corrected chi connectivity index (χ0v) is 14.3. The van der Waals surface area contributed by atoms with E-state index < -0.39 is 22.0 Å². The van der Waals surface area contributed by atoms with Crippen molar-refractivity contribution in [3.8, 4) is 0 Å². The molecule has 1 aromatic rings. The molecule has 0 spiro atoms. The summed E-state index contributed by atoms with van der Waals surface area (Å²) in [5.74, 6) is 0.567. The van der Waals surface area contributed by atoms with E-state index in [1.165, 1.54) is 12.1 Å². The van der Waals surface area contributed by atoms with Crippen molar-refractivity contribution in [3.63, 3.8) is 0 Å². The van der Waals surface area contributed by atoms with Crippen LogP contribution in [0.15, 0.2) is 24.3 Å². The largest absolute Gasteiger partial charge is 0.457 e. The van der Waals surface area contributed by atoms with Crippen molar-refractivity contribution in [3.05, 3.63) is 39.9 Å². The fraction of sp³-hybridized carbons (Fsp3) is 0.632. The van der Waals surface area contributed by atoms with Crippen molar-refractivity contribution in [1.82, 2.24) is 0 Å². The van der Waals surface area contributed by atoms with Crippen molar-refractivity contribution in [1.29, 1.82) is 0 Å². The van der Waals surface area contributed by atoms with Crippen LogP contribution in [0.25, 0.3) is 0 Å². The van der Waals surface area contributed by atoms with Crippen LogP contribution in [-0.4, -0.2) is 21.6 Å². The van der Waals surface area contributed by atoms with Crippen LogP contribution in [0.4, 0.5) is 5.69 Å². The second-order valence-electron chi connectivity index (χ2n) is 8.37. The molecule has 4 fully saturated rings. The molecular weight excluding hydrogens is 322 g/mol. The minimum absolute atomic E-state index is 0.00971. The molecule has 25 heavy (non-hydrogen) atoms. The van der Waals surface area contributed by atoms with Gasteiger partial charge in [0.2, 0.25) is 0 Å². The van der Waals surface area contributed by atoms with Crippen molar-refractivity contribution < 1.29 is 19.6 Å². The van der Waals surface area contributed by atoms with Gasteiger partial charge in [-0.2, -0.15) is 0 Å². The summed E-state index contributed by atoms with van der Waals surface area (Å²) in [5.41, 5.74) is -0.679. The molecule has 134 valence electrons. The summed E-state index contributed by atoms with van der Waals surface area (Å²) in [6, 6.07) is 6.21. The van der Waals surface area contributed by atoms with Crippen LogP contribution in [0.1, 0.15) is 57.1 Å². The lowest BCUT2D eigenvalue weighted by Gasteiger charge is -2.58. The maximum absolute atomic E-state index is 13.0. The Kier molecular flexibility index (Phi) is 3.65. The molecule has 0 saturated heterocycles. The van der Waals surface area contributed by atoms with Gasteiger partial charge in [-0.15, -0.1) is 0 Å². The molecule has 0 aliphatic heterocycles. The number of ether oxygens (including phenoxy) is 1. The Balaban J connectivity index is 1.52. The Morgan fingerprint density at radius 3 is 2.60 bits per heavy atom. The summed E-state index contributed by atoms with van der Waals surface area (Å²) >= 11 is 0. The maximum Gasteiger partial charge on any atom is 0.312 e. The molecular formula is C19H23NO5. The molecule has 6 nitrogen and oxygen atoms in total. The van der Waals surface area contributed by atoms with E-state index in [4.69, 9.17) is 4.74 Å². The Hall–Kier alpha value is -1.95. The van der Waals surface area contributed by atoms with E-state index in [0.29, 0.717) is 23.8 Å². The van der Waals surface area contributed by atoms with Gasteiger partial charge >= 0.3 is 5.97 Å². The number of nitrogens with zero attached hydrogens (tertiary/aromatic N) is 1. The lowest BCUT2D eigenvalue weighted by atomic mass is 9.48. The Bertz CT molecular complexity index is 716. The normalized spacial score (nSPS) is 36.9. The third-order valence-electron chi connectivity index (χ3n) is 6.30. The highest BCUT2D eigenvalue weighted by atomic mass is 16.6. The minimum atomic E-state index is -0.710. The SMILES string of the molecule is CC(OC(=O)C12CC3CC(CC(O)(C3)C1)C2)c1cccc([N+](=O)[O-])c1. The van der Waals surface area contributed by atoms with Gasteiger partial charge in [-0.3, -0.25) is 14.9 Å². The Labute approximate surface area is 146 Å². The van der Waals surface area contributed by atoms with E-state index in [1.54, 1.807) is 19.1 Å². The zero-order valence-electron chi connectivity index (χ0n) is 14.3. The number of aliphatic hydroxyl groups is 1. The topological polar surface area (TPSA) is 89.7 Å². The average molecular weight is 345 g/mol. The highest BCUT2D eigenvalue weighted by Gasteiger charge is 2.61. The third kappa shape index (κ3) is 2.82. The first-order valence-corrected chi connectivity index (χ1v) is 8.96. The number of nitro benzene ring substituents is 1. The lowest BCUT2D eigenvalue weighted by Crippen LogP contribution is -2.58. The molecule has 0 aromatic heterocycles. The quantitative estimate of drug-likeness (QED) is 0.512. The van der Waals surface area contributed by atoms with E-state index >= 15 is 0 Å². The number of rotatable bonds is 4. The van der Waals surface area contributed by atoms with Crippen molar-refractivity contribution in [2.75, 3.05) is 0 Å². The minimum Gasteiger partial charge on any atom is -0.457 e. The Morgan fingerprint density at radius 2 is 2.00 bits per heavy atom. The van der Waals surface area contributed by atoms with Gasteiger partial charge in [0, 0.05) is 12.1 Å². The third-order valence-corrected chi connectivity index (χ3v) is 6.30. The maximum atomic E-state index is 13.0. The van der Waals surface area contributed by atoms with Crippen LogP contribution >= 0.6 is 0 Å². The van der Waals surface area contributed by atoms with Gasteiger partial charge in [-0.1, -0.05) is 12.1 Å². The molecule has 6 heteroatoms. The Morgan fingerprint density at radius 1 is 1.32 bits per heavy atom. The van der Waals surface area contributed by atoms with E-state index in [9.17, 15) is 20.0 Å². The first-order valence-electron chi connectivity index (χ1n) is 8.96. The number of esters is 1. The van der Waals surface area contributed by atoms with Crippen LogP contribution in [0.3, 0.4) is 0 Å². The van der Waals surface area contributed by atoms with Gasteiger partial charge < -0.3 is 9.84 Å². The highest BCUT2D eigenvalue weighted by Crippen LogP contribution is 2.62. The molecule has 0 radical (unpaired) electrons. The second-order valence-corrected chi connectivity index (χ2v) is 8.37. The summed E-state index contributed by atoms with van der Waals surface area (Å²) in [6.45, 7) is 1.74. The number of non-ortho nitro benzene ring substituents is 1. The fourth-order valence-corrected chi connectivity index (χ4v) is 5.70.